The third-order valence-corrected chi connectivity index (χ3v) is 4.11. The zero-order chi connectivity index (χ0) is 18.3. The summed E-state index contributed by atoms with van der Waals surface area (Å²) in [6.07, 6.45) is 3.60. The van der Waals surface area contributed by atoms with Crippen LogP contribution in [0, 0.1) is 19.7 Å². The molecule has 8 heteroatoms. The molecule has 0 aliphatic carbocycles. The first-order valence-electron chi connectivity index (χ1n) is 7.96. The monoisotopic (exact) mass is 350 g/mol. The Hall–Kier alpha value is -3.55. The van der Waals surface area contributed by atoms with Gasteiger partial charge in [-0.05, 0) is 44.2 Å². The van der Waals surface area contributed by atoms with E-state index in [1.54, 1.807) is 10.7 Å². The number of rotatable bonds is 3. The van der Waals surface area contributed by atoms with E-state index in [1.165, 1.54) is 18.2 Å². The molecule has 4 rings (SSSR count). The normalized spacial score (nSPS) is 11.0. The number of benzene rings is 1. The van der Waals surface area contributed by atoms with Crippen molar-refractivity contribution < 1.29 is 9.18 Å². The van der Waals surface area contributed by atoms with E-state index < -0.39 is 11.7 Å². The Balaban J connectivity index is 1.69. The van der Waals surface area contributed by atoms with Gasteiger partial charge in [-0.15, -0.1) is 5.10 Å². The standard InChI is InChI=1S/C18H15FN6O/c1-11-15(24-9-8-20-12(24)2)6-7-16-21-18(23-25(11)16)22-17(26)13-4-3-5-14(19)10-13/h3-10H,1-2H3,(H,22,23,26). The van der Waals surface area contributed by atoms with Crippen LogP contribution in [0.25, 0.3) is 11.3 Å². The Morgan fingerprint density at radius 2 is 2.04 bits per heavy atom. The van der Waals surface area contributed by atoms with Gasteiger partial charge in [0, 0.05) is 18.0 Å². The maximum absolute atomic E-state index is 13.3. The van der Waals surface area contributed by atoms with Crippen LogP contribution in [0.4, 0.5) is 10.3 Å². The van der Waals surface area contributed by atoms with E-state index in [9.17, 15) is 9.18 Å². The van der Waals surface area contributed by atoms with Crippen LogP contribution >= 0.6 is 0 Å². The van der Waals surface area contributed by atoms with E-state index >= 15 is 0 Å². The number of carbonyl (C=O) groups is 1. The van der Waals surface area contributed by atoms with Crippen LogP contribution in [-0.2, 0) is 0 Å². The molecular formula is C18H15FN6O. The van der Waals surface area contributed by atoms with Crippen LogP contribution < -0.4 is 5.32 Å². The summed E-state index contributed by atoms with van der Waals surface area (Å²) in [5.74, 6) is 0.0644. The summed E-state index contributed by atoms with van der Waals surface area (Å²) in [5.41, 5.74) is 2.57. The first kappa shape index (κ1) is 15.9. The predicted molar refractivity (Wildman–Crippen MR) is 93.9 cm³/mol. The Morgan fingerprint density at radius 3 is 2.77 bits per heavy atom. The number of aryl methyl sites for hydroxylation is 2. The fourth-order valence-electron chi connectivity index (χ4n) is 2.81. The van der Waals surface area contributed by atoms with Crippen LogP contribution in [-0.4, -0.2) is 30.1 Å². The Bertz CT molecular complexity index is 1130. The summed E-state index contributed by atoms with van der Waals surface area (Å²) in [6.45, 7) is 3.82. The van der Waals surface area contributed by atoms with E-state index in [-0.39, 0.29) is 11.5 Å². The third-order valence-electron chi connectivity index (χ3n) is 4.11. The van der Waals surface area contributed by atoms with Gasteiger partial charge in [-0.3, -0.25) is 10.1 Å². The van der Waals surface area contributed by atoms with Gasteiger partial charge in [0.2, 0.25) is 5.95 Å². The largest absolute Gasteiger partial charge is 0.302 e. The second-order valence-electron chi connectivity index (χ2n) is 5.82. The fraction of sp³-hybridized carbons (Fsp3) is 0.111. The molecule has 0 atom stereocenters. The van der Waals surface area contributed by atoms with E-state index in [0.29, 0.717) is 5.65 Å². The molecule has 26 heavy (non-hydrogen) atoms. The molecule has 3 aromatic heterocycles. The molecule has 1 amide bonds. The number of anilines is 1. The summed E-state index contributed by atoms with van der Waals surface area (Å²) in [5, 5.41) is 6.95. The van der Waals surface area contributed by atoms with Gasteiger partial charge >= 0.3 is 0 Å². The second-order valence-corrected chi connectivity index (χ2v) is 5.82. The molecule has 7 nitrogen and oxygen atoms in total. The highest BCUT2D eigenvalue weighted by molar-refractivity contribution is 6.03. The van der Waals surface area contributed by atoms with Gasteiger partial charge in [0.15, 0.2) is 5.65 Å². The van der Waals surface area contributed by atoms with Crippen LogP contribution in [0.5, 0.6) is 0 Å². The van der Waals surface area contributed by atoms with Crippen LogP contribution in [0.15, 0.2) is 48.8 Å². The lowest BCUT2D eigenvalue weighted by atomic mass is 10.2. The van der Waals surface area contributed by atoms with Gasteiger partial charge in [0.05, 0.1) is 11.4 Å². The number of aromatic nitrogens is 5. The number of nitrogens with zero attached hydrogens (tertiary/aromatic N) is 5. The predicted octanol–water partition coefficient (Wildman–Crippen LogP) is 2.92. The molecule has 130 valence electrons. The van der Waals surface area contributed by atoms with Crippen LogP contribution in [0.3, 0.4) is 0 Å². The molecule has 0 radical (unpaired) electrons. The maximum atomic E-state index is 13.3. The minimum atomic E-state index is -0.475. The minimum absolute atomic E-state index is 0.155. The lowest BCUT2D eigenvalue weighted by Crippen LogP contribution is -2.13. The molecule has 0 aliphatic rings. The van der Waals surface area contributed by atoms with Crippen LogP contribution in [0.2, 0.25) is 0 Å². The lowest BCUT2D eigenvalue weighted by molar-refractivity contribution is 0.102. The molecular weight excluding hydrogens is 335 g/mol. The van der Waals surface area contributed by atoms with E-state index in [4.69, 9.17) is 0 Å². The molecule has 0 spiro atoms. The van der Waals surface area contributed by atoms with E-state index in [1.807, 2.05) is 36.7 Å². The van der Waals surface area contributed by atoms with Gasteiger partial charge in [-0.2, -0.15) is 4.98 Å². The molecule has 0 bridgehead atoms. The zero-order valence-corrected chi connectivity index (χ0v) is 14.1. The van der Waals surface area contributed by atoms with E-state index in [0.717, 1.165) is 23.3 Å². The number of fused-ring (bicyclic) bond motifs is 1. The van der Waals surface area contributed by atoms with Crippen molar-refractivity contribution >= 4 is 17.5 Å². The lowest BCUT2D eigenvalue weighted by Gasteiger charge is -2.09. The van der Waals surface area contributed by atoms with Gasteiger partial charge in [-0.1, -0.05) is 6.07 Å². The number of imidazole rings is 1. The summed E-state index contributed by atoms with van der Waals surface area (Å²) in [6, 6.07) is 9.18. The molecule has 3 heterocycles. The number of carbonyl (C=O) groups excluding carboxylic acids is 1. The summed E-state index contributed by atoms with van der Waals surface area (Å²) in [4.78, 5) is 20.8. The third kappa shape index (κ3) is 2.71. The van der Waals surface area contributed by atoms with Crippen molar-refractivity contribution in [3.05, 3.63) is 71.7 Å². The minimum Gasteiger partial charge on any atom is -0.302 e. The number of amides is 1. The smallest absolute Gasteiger partial charge is 0.258 e. The van der Waals surface area contributed by atoms with E-state index in [2.05, 4.69) is 20.4 Å². The Labute approximate surface area is 148 Å². The topological polar surface area (TPSA) is 77.1 Å². The molecule has 0 saturated carbocycles. The number of hydrogen-bond acceptors (Lipinski definition) is 4. The molecule has 1 aromatic carbocycles. The van der Waals surface area contributed by atoms with Crippen LogP contribution in [0.1, 0.15) is 21.9 Å². The second kappa shape index (κ2) is 6.07. The van der Waals surface area contributed by atoms with Crippen molar-refractivity contribution in [3.63, 3.8) is 0 Å². The average Bonchev–Trinajstić information content (AvgIpc) is 3.22. The molecule has 0 aliphatic heterocycles. The van der Waals surface area contributed by atoms with Gasteiger partial charge in [0.1, 0.15) is 11.6 Å². The van der Waals surface area contributed by atoms with Crippen molar-refractivity contribution in [2.75, 3.05) is 5.32 Å². The molecule has 0 unspecified atom stereocenters. The zero-order valence-electron chi connectivity index (χ0n) is 14.1. The highest BCUT2D eigenvalue weighted by Crippen LogP contribution is 2.18. The highest BCUT2D eigenvalue weighted by Gasteiger charge is 2.14. The Kier molecular flexibility index (Phi) is 3.72. The van der Waals surface area contributed by atoms with Crippen molar-refractivity contribution in [2.45, 2.75) is 13.8 Å². The number of halogens is 1. The number of nitrogens with one attached hydrogen (secondary N) is 1. The highest BCUT2D eigenvalue weighted by atomic mass is 19.1. The first-order valence-corrected chi connectivity index (χ1v) is 7.96. The first-order chi connectivity index (χ1) is 12.5. The SMILES string of the molecule is Cc1nccn1-c1ccc2nc(NC(=O)c3cccc(F)c3)nn2c1C. The van der Waals surface area contributed by atoms with Gasteiger partial charge in [0.25, 0.3) is 5.91 Å². The maximum Gasteiger partial charge on any atom is 0.258 e. The van der Waals surface area contributed by atoms with Crippen molar-refractivity contribution in [1.82, 2.24) is 24.1 Å². The molecule has 0 fully saturated rings. The summed E-state index contributed by atoms with van der Waals surface area (Å²) in [7, 11) is 0. The van der Waals surface area contributed by atoms with Crippen molar-refractivity contribution in [3.8, 4) is 5.69 Å². The molecule has 4 aromatic rings. The number of hydrogen-bond donors (Lipinski definition) is 1. The van der Waals surface area contributed by atoms with Crippen molar-refractivity contribution in [1.29, 1.82) is 0 Å². The number of pyridine rings is 1. The summed E-state index contributed by atoms with van der Waals surface area (Å²) < 4.78 is 16.9. The summed E-state index contributed by atoms with van der Waals surface area (Å²) >= 11 is 0. The quantitative estimate of drug-likeness (QED) is 0.616. The molecule has 1 N–H and O–H groups in total. The molecule has 0 saturated heterocycles. The van der Waals surface area contributed by atoms with Crippen molar-refractivity contribution in [2.24, 2.45) is 0 Å². The van der Waals surface area contributed by atoms with Gasteiger partial charge in [-0.25, -0.2) is 13.9 Å². The van der Waals surface area contributed by atoms with Gasteiger partial charge < -0.3 is 4.57 Å². The fourth-order valence-corrected chi connectivity index (χ4v) is 2.81. The average molecular weight is 350 g/mol. The Morgan fingerprint density at radius 1 is 1.19 bits per heavy atom.